The number of pyridine rings is 1. The van der Waals surface area contributed by atoms with Gasteiger partial charge in [0, 0.05) is 31.6 Å². The van der Waals surface area contributed by atoms with Crippen LogP contribution in [0.15, 0.2) is 12.1 Å². The fourth-order valence-electron chi connectivity index (χ4n) is 3.23. The Morgan fingerprint density at radius 3 is 2.82 bits per heavy atom. The van der Waals surface area contributed by atoms with Crippen LogP contribution >= 0.6 is 0 Å². The molecule has 1 atom stereocenters. The van der Waals surface area contributed by atoms with Crippen LogP contribution in [0.5, 0.6) is 0 Å². The number of aliphatic carboxylic acids is 1. The number of nitrogens with zero attached hydrogens (tertiary/aromatic N) is 2. The van der Waals surface area contributed by atoms with Gasteiger partial charge in [-0.25, -0.2) is 13.4 Å². The first kappa shape index (κ1) is 22.6. The summed E-state index contributed by atoms with van der Waals surface area (Å²) < 4.78 is 22.9. The van der Waals surface area contributed by atoms with Gasteiger partial charge < -0.3 is 21.1 Å². The summed E-state index contributed by atoms with van der Waals surface area (Å²) in [5.41, 5.74) is 7.91. The Labute approximate surface area is 167 Å². The van der Waals surface area contributed by atoms with Gasteiger partial charge in [0.25, 0.3) is 0 Å². The number of aryl methyl sites for hydroxylation is 2. The minimum atomic E-state index is -3.06. The summed E-state index contributed by atoms with van der Waals surface area (Å²) in [7, 11) is -3.06. The number of carboxylic acids is 1. The number of carboxylic acid groups (broad SMARTS) is 1. The highest BCUT2D eigenvalue weighted by Gasteiger charge is 2.15. The van der Waals surface area contributed by atoms with E-state index in [0.29, 0.717) is 26.1 Å². The lowest BCUT2D eigenvalue weighted by atomic mass is 10.1. The SMILES string of the molecule is CS(=O)(=O)CCN(CCCCc1ccc2c(n1)NCCC2)CC[C@H](N)C(=O)O. The molecule has 1 aromatic rings. The quantitative estimate of drug-likeness (QED) is 0.433. The van der Waals surface area contributed by atoms with Crippen LogP contribution in [0.4, 0.5) is 5.82 Å². The van der Waals surface area contributed by atoms with E-state index in [2.05, 4.69) is 17.4 Å². The maximum absolute atomic E-state index is 11.5. The maximum Gasteiger partial charge on any atom is 0.320 e. The molecule has 2 rings (SSSR count). The Morgan fingerprint density at radius 2 is 2.11 bits per heavy atom. The third kappa shape index (κ3) is 8.12. The van der Waals surface area contributed by atoms with E-state index in [0.717, 1.165) is 50.2 Å². The molecular formula is C19H32N4O4S. The highest BCUT2D eigenvalue weighted by Crippen LogP contribution is 2.20. The molecule has 28 heavy (non-hydrogen) atoms. The van der Waals surface area contributed by atoms with Crippen molar-refractivity contribution in [2.75, 3.05) is 43.5 Å². The van der Waals surface area contributed by atoms with Crippen molar-refractivity contribution in [3.63, 3.8) is 0 Å². The van der Waals surface area contributed by atoms with Crippen molar-refractivity contribution in [1.82, 2.24) is 9.88 Å². The Bertz CT molecular complexity index is 754. The van der Waals surface area contributed by atoms with E-state index in [-0.39, 0.29) is 5.75 Å². The van der Waals surface area contributed by atoms with Gasteiger partial charge in [-0.1, -0.05) is 6.07 Å². The second-order valence-electron chi connectivity index (χ2n) is 7.50. The summed E-state index contributed by atoms with van der Waals surface area (Å²) in [5.74, 6) is 0.0317. The van der Waals surface area contributed by atoms with Crippen molar-refractivity contribution in [2.24, 2.45) is 5.73 Å². The zero-order chi connectivity index (χ0) is 20.6. The predicted molar refractivity (Wildman–Crippen MR) is 110 cm³/mol. The number of fused-ring (bicyclic) bond motifs is 1. The highest BCUT2D eigenvalue weighted by molar-refractivity contribution is 7.90. The Kier molecular flexibility index (Phi) is 8.65. The van der Waals surface area contributed by atoms with Crippen LogP contribution in [0.2, 0.25) is 0 Å². The van der Waals surface area contributed by atoms with Crippen molar-refractivity contribution in [3.8, 4) is 0 Å². The van der Waals surface area contributed by atoms with Gasteiger partial charge in [-0.05, 0) is 56.7 Å². The zero-order valence-corrected chi connectivity index (χ0v) is 17.4. The molecule has 0 radical (unpaired) electrons. The van der Waals surface area contributed by atoms with Gasteiger partial charge in [0.1, 0.15) is 21.7 Å². The van der Waals surface area contributed by atoms with Crippen LogP contribution in [0.25, 0.3) is 0 Å². The van der Waals surface area contributed by atoms with Crippen molar-refractivity contribution < 1.29 is 18.3 Å². The topological polar surface area (TPSA) is 126 Å². The highest BCUT2D eigenvalue weighted by atomic mass is 32.2. The van der Waals surface area contributed by atoms with Crippen LogP contribution in [0.3, 0.4) is 0 Å². The summed E-state index contributed by atoms with van der Waals surface area (Å²) in [5, 5.41) is 12.3. The van der Waals surface area contributed by atoms with E-state index in [4.69, 9.17) is 15.8 Å². The van der Waals surface area contributed by atoms with E-state index in [1.165, 1.54) is 11.8 Å². The molecule has 0 aromatic carbocycles. The standard InChI is InChI=1S/C19H32N4O4S/c1-28(26,27)14-13-23(12-9-17(20)19(24)25)11-3-2-6-16-8-7-15-5-4-10-21-18(15)22-16/h7-8,17H,2-6,9-14,20H2,1H3,(H,21,22)(H,24,25)/t17-/m0/s1. The summed E-state index contributed by atoms with van der Waals surface area (Å²) in [4.78, 5) is 17.6. The molecule has 0 unspecified atom stereocenters. The number of rotatable bonds is 12. The van der Waals surface area contributed by atoms with Gasteiger partial charge in [0.2, 0.25) is 0 Å². The molecule has 1 aromatic heterocycles. The van der Waals surface area contributed by atoms with E-state index in [1.54, 1.807) is 0 Å². The number of nitrogens with one attached hydrogen (secondary N) is 1. The smallest absolute Gasteiger partial charge is 0.320 e. The van der Waals surface area contributed by atoms with Crippen molar-refractivity contribution in [2.45, 2.75) is 44.6 Å². The van der Waals surface area contributed by atoms with Gasteiger partial charge in [0.05, 0.1) is 5.75 Å². The molecule has 0 amide bonds. The molecule has 9 heteroatoms. The first-order valence-electron chi connectivity index (χ1n) is 9.86. The fraction of sp³-hybridized carbons (Fsp3) is 0.684. The van der Waals surface area contributed by atoms with E-state index in [1.807, 2.05) is 4.90 Å². The van der Waals surface area contributed by atoms with Crippen molar-refractivity contribution in [1.29, 1.82) is 0 Å². The van der Waals surface area contributed by atoms with Gasteiger partial charge in [-0.15, -0.1) is 0 Å². The lowest BCUT2D eigenvalue weighted by molar-refractivity contribution is -0.138. The number of hydrogen-bond donors (Lipinski definition) is 3. The number of nitrogens with two attached hydrogens (primary N) is 1. The Balaban J connectivity index is 1.79. The summed E-state index contributed by atoms with van der Waals surface area (Å²) in [6.07, 6.45) is 6.42. The molecular weight excluding hydrogens is 380 g/mol. The lowest BCUT2D eigenvalue weighted by Crippen LogP contribution is -2.37. The van der Waals surface area contributed by atoms with Gasteiger partial charge >= 0.3 is 5.97 Å². The lowest BCUT2D eigenvalue weighted by Gasteiger charge is -2.23. The molecule has 0 saturated heterocycles. The average Bonchev–Trinajstić information content (AvgIpc) is 2.65. The molecule has 0 aliphatic carbocycles. The van der Waals surface area contributed by atoms with Crippen LogP contribution < -0.4 is 11.1 Å². The third-order valence-electron chi connectivity index (χ3n) is 4.96. The summed E-state index contributed by atoms with van der Waals surface area (Å²) in [6.45, 7) is 2.55. The molecule has 1 aliphatic heterocycles. The van der Waals surface area contributed by atoms with Crippen molar-refractivity contribution >= 4 is 21.6 Å². The summed E-state index contributed by atoms with van der Waals surface area (Å²) in [6, 6.07) is 3.31. The second kappa shape index (κ2) is 10.7. The van der Waals surface area contributed by atoms with Gasteiger partial charge in [-0.3, -0.25) is 4.79 Å². The molecule has 158 valence electrons. The normalized spacial score (nSPS) is 15.1. The number of aromatic nitrogens is 1. The number of hydrogen-bond acceptors (Lipinski definition) is 7. The predicted octanol–water partition coefficient (Wildman–Crippen LogP) is 0.911. The van der Waals surface area contributed by atoms with E-state index in [9.17, 15) is 13.2 Å². The van der Waals surface area contributed by atoms with Crippen LogP contribution in [0.1, 0.15) is 36.9 Å². The molecule has 4 N–H and O–H groups in total. The van der Waals surface area contributed by atoms with Crippen LogP contribution in [0, 0.1) is 0 Å². The Hall–Kier alpha value is -1.71. The van der Waals surface area contributed by atoms with Gasteiger partial charge in [0.15, 0.2) is 0 Å². The van der Waals surface area contributed by atoms with E-state index >= 15 is 0 Å². The van der Waals surface area contributed by atoms with Crippen molar-refractivity contribution in [3.05, 3.63) is 23.4 Å². The molecule has 0 bridgehead atoms. The maximum atomic E-state index is 11.5. The number of anilines is 1. The Morgan fingerprint density at radius 1 is 1.32 bits per heavy atom. The summed E-state index contributed by atoms with van der Waals surface area (Å²) >= 11 is 0. The molecule has 0 spiro atoms. The average molecular weight is 413 g/mol. The minimum absolute atomic E-state index is 0.0629. The van der Waals surface area contributed by atoms with Gasteiger partial charge in [-0.2, -0.15) is 0 Å². The number of unbranched alkanes of at least 4 members (excludes halogenated alkanes) is 1. The largest absolute Gasteiger partial charge is 0.480 e. The first-order chi connectivity index (χ1) is 13.2. The number of sulfone groups is 1. The van der Waals surface area contributed by atoms with E-state index < -0.39 is 21.8 Å². The molecule has 0 fully saturated rings. The first-order valence-corrected chi connectivity index (χ1v) is 11.9. The fourth-order valence-corrected chi connectivity index (χ4v) is 3.81. The molecule has 1 aliphatic rings. The number of carbonyl (C=O) groups is 1. The van der Waals surface area contributed by atoms with Crippen LogP contribution in [-0.2, 0) is 27.5 Å². The third-order valence-corrected chi connectivity index (χ3v) is 5.89. The van der Waals surface area contributed by atoms with Crippen LogP contribution in [-0.4, -0.2) is 73.6 Å². The second-order valence-corrected chi connectivity index (χ2v) is 9.76. The minimum Gasteiger partial charge on any atom is -0.480 e. The zero-order valence-electron chi connectivity index (χ0n) is 16.6. The monoisotopic (exact) mass is 412 g/mol. The molecule has 2 heterocycles. The molecule has 8 nitrogen and oxygen atoms in total. The molecule has 0 saturated carbocycles.